The number of fused-ring (bicyclic) bond motifs is 1. The van der Waals surface area contributed by atoms with E-state index in [1.54, 1.807) is 14.0 Å². The number of H-pyrrole nitrogens is 1. The minimum Gasteiger partial charge on any atom is -0.495 e. The minimum atomic E-state index is -0.676. The van der Waals surface area contributed by atoms with Crippen molar-refractivity contribution in [3.8, 4) is 5.75 Å². The molecule has 1 aliphatic heterocycles. The maximum absolute atomic E-state index is 12.7. The average Bonchev–Trinajstić information content (AvgIpc) is 3.23. The van der Waals surface area contributed by atoms with E-state index in [0.29, 0.717) is 6.54 Å². The molecule has 162 valence electrons. The highest BCUT2D eigenvalue weighted by atomic mass is 16.5. The number of methoxy groups -OCH3 is 1. The first kappa shape index (κ1) is 20.7. The number of hydrogen-bond acceptors (Lipinski definition) is 5. The van der Waals surface area contributed by atoms with Crippen LogP contribution < -0.4 is 20.3 Å². The van der Waals surface area contributed by atoms with Gasteiger partial charge in [0.25, 0.3) is 5.91 Å². The van der Waals surface area contributed by atoms with Gasteiger partial charge in [0.15, 0.2) is 5.69 Å². The monoisotopic (exact) mass is 421 g/mol. The zero-order valence-corrected chi connectivity index (χ0v) is 17.7. The first-order valence-corrected chi connectivity index (χ1v) is 10.5. The predicted molar refractivity (Wildman–Crippen MR) is 119 cm³/mol. The number of para-hydroxylation sites is 3. The maximum Gasteiger partial charge on any atom is 0.273 e. The third kappa shape index (κ3) is 4.47. The van der Waals surface area contributed by atoms with Gasteiger partial charge in [-0.05, 0) is 38.0 Å². The van der Waals surface area contributed by atoms with Gasteiger partial charge in [-0.15, -0.1) is 0 Å². The predicted octanol–water partition coefficient (Wildman–Crippen LogP) is 2.47. The third-order valence-corrected chi connectivity index (χ3v) is 5.62. The number of aromatic nitrogens is 2. The molecule has 3 N–H and O–H groups in total. The van der Waals surface area contributed by atoms with E-state index in [1.165, 1.54) is 0 Å². The molecule has 0 spiro atoms. The van der Waals surface area contributed by atoms with E-state index in [0.717, 1.165) is 41.7 Å². The van der Waals surface area contributed by atoms with Gasteiger partial charge in [0.1, 0.15) is 11.8 Å². The molecule has 2 aromatic carbocycles. The number of hydrogen-bond donors (Lipinski definition) is 3. The Morgan fingerprint density at radius 2 is 1.97 bits per heavy atom. The SMILES string of the molecule is COc1ccccc1N1CCCC(NC(=O)C(C)NC(=O)c2n[nH]c3ccccc23)C1. The molecule has 0 bridgehead atoms. The number of aromatic amines is 1. The molecule has 0 aliphatic carbocycles. The lowest BCUT2D eigenvalue weighted by Gasteiger charge is -2.35. The van der Waals surface area contributed by atoms with Gasteiger partial charge in [-0.25, -0.2) is 0 Å². The Morgan fingerprint density at radius 1 is 1.19 bits per heavy atom. The number of nitrogens with zero attached hydrogens (tertiary/aromatic N) is 2. The average molecular weight is 422 g/mol. The molecule has 2 atom stereocenters. The normalized spacial score (nSPS) is 17.2. The second-order valence-corrected chi connectivity index (χ2v) is 7.78. The van der Waals surface area contributed by atoms with Crippen LogP contribution in [0.5, 0.6) is 5.75 Å². The summed E-state index contributed by atoms with van der Waals surface area (Å²) in [4.78, 5) is 27.6. The Balaban J connectivity index is 1.36. The molecule has 1 fully saturated rings. The summed E-state index contributed by atoms with van der Waals surface area (Å²) in [5.41, 5.74) is 2.09. The zero-order chi connectivity index (χ0) is 21.8. The smallest absolute Gasteiger partial charge is 0.273 e. The summed E-state index contributed by atoms with van der Waals surface area (Å²) in [7, 11) is 1.66. The summed E-state index contributed by atoms with van der Waals surface area (Å²) < 4.78 is 5.48. The van der Waals surface area contributed by atoms with Crippen LogP contribution in [-0.2, 0) is 4.79 Å². The molecule has 1 aromatic heterocycles. The molecule has 2 amide bonds. The Labute approximate surface area is 181 Å². The van der Waals surface area contributed by atoms with E-state index in [9.17, 15) is 9.59 Å². The van der Waals surface area contributed by atoms with Gasteiger partial charge in [-0.3, -0.25) is 14.7 Å². The standard InChI is InChI=1S/C23H27N5O3/c1-15(24-23(30)21-17-9-3-4-10-18(17)26-27-21)22(29)25-16-8-7-13-28(14-16)19-11-5-6-12-20(19)31-2/h3-6,9-12,15-16H,7-8,13-14H2,1-2H3,(H,24,30)(H,25,29)(H,26,27). The first-order chi connectivity index (χ1) is 15.1. The van der Waals surface area contributed by atoms with Crippen molar-refractivity contribution in [3.63, 3.8) is 0 Å². The summed E-state index contributed by atoms with van der Waals surface area (Å²) in [6.45, 7) is 3.28. The van der Waals surface area contributed by atoms with E-state index >= 15 is 0 Å². The second-order valence-electron chi connectivity index (χ2n) is 7.78. The number of benzene rings is 2. The Kier molecular flexibility index (Phi) is 6.06. The van der Waals surface area contributed by atoms with Gasteiger partial charge in [-0.1, -0.05) is 30.3 Å². The lowest BCUT2D eigenvalue weighted by atomic mass is 10.0. The van der Waals surface area contributed by atoms with Crippen molar-refractivity contribution in [1.29, 1.82) is 0 Å². The van der Waals surface area contributed by atoms with Crippen LogP contribution in [0.25, 0.3) is 10.9 Å². The molecule has 8 nitrogen and oxygen atoms in total. The van der Waals surface area contributed by atoms with Crippen molar-refractivity contribution in [2.45, 2.75) is 31.8 Å². The number of amides is 2. The van der Waals surface area contributed by atoms with Crippen molar-refractivity contribution in [1.82, 2.24) is 20.8 Å². The topological polar surface area (TPSA) is 99.3 Å². The van der Waals surface area contributed by atoms with Crippen LogP contribution >= 0.6 is 0 Å². The summed E-state index contributed by atoms with van der Waals surface area (Å²) >= 11 is 0. The molecule has 2 heterocycles. The molecular weight excluding hydrogens is 394 g/mol. The Hall–Kier alpha value is -3.55. The molecule has 31 heavy (non-hydrogen) atoms. The van der Waals surface area contributed by atoms with E-state index < -0.39 is 6.04 Å². The largest absolute Gasteiger partial charge is 0.495 e. The fraction of sp³-hybridized carbons (Fsp3) is 0.348. The Morgan fingerprint density at radius 3 is 2.81 bits per heavy atom. The van der Waals surface area contributed by atoms with E-state index in [1.807, 2.05) is 48.5 Å². The van der Waals surface area contributed by atoms with Gasteiger partial charge in [0.2, 0.25) is 5.91 Å². The van der Waals surface area contributed by atoms with Crippen LogP contribution in [-0.4, -0.2) is 54.3 Å². The van der Waals surface area contributed by atoms with Crippen molar-refractivity contribution in [3.05, 3.63) is 54.2 Å². The molecule has 8 heteroatoms. The number of piperidine rings is 1. The van der Waals surface area contributed by atoms with Crippen molar-refractivity contribution in [2.24, 2.45) is 0 Å². The van der Waals surface area contributed by atoms with E-state index in [4.69, 9.17) is 4.74 Å². The summed E-state index contributed by atoms with van der Waals surface area (Å²) in [6.07, 6.45) is 1.85. The van der Waals surface area contributed by atoms with E-state index in [-0.39, 0.29) is 23.6 Å². The first-order valence-electron chi connectivity index (χ1n) is 10.5. The number of nitrogens with one attached hydrogen (secondary N) is 3. The van der Waals surface area contributed by atoms with Gasteiger partial charge in [0.05, 0.1) is 18.3 Å². The van der Waals surface area contributed by atoms with Crippen LogP contribution in [0.4, 0.5) is 5.69 Å². The van der Waals surface area contributed by atoms with Crippen molar-refractivity contribution < 1.29 is 14.3 Å². The molecule has 4 rings (SSSR count). The second kappa shape index (κ2) is 9.07. The Bertz CT molecular complexity index is 1080. The molecular formula is C23H27N5O3. The lowest BCUT2D eigenvalue weighted by Crippen LogP contribution is -2.53. The molecule has 3 aromatic rings. The number of ether oxygens (including phenoxy) is 1. The van der Waals surface area contributed by atoms with Gasteiger partial charge in [0, 0.05) is 24.5 Å². The molecule has 0 saturated carbocycles. The van der Waals surface area contributed by atoms with Gasteiger partial charge >= 0.3 is 0 Å². The maximum atomic E-state index is 12.7. The number of anilines is 1. The highest BCUT2D eigenvalue weighted by molar-refractivity contribution is 6.05. The minimum absolute atomic E-state index is 0.00303. The fourth-order valence-electron chi connectivity index (χ4n) is 4.00. The highest BCUT2D eigenvalue weighted by Crippen LogP contribution is 2.29. The van der Waals surface area contributed by atoms with Crippen LogP contribution in [0.15, 0.2) is 48.5 Å². The summed E-state index contributed by atoms with van der Waals surface area (Å²) in [5.74, 6) is 0.237. The third-order valence-electron chi connectivity index (χ3n) is 5.62. The molecule has 1 aliphatic rings. The molecule has 0 radical (unpaired) electrons. The number of rotatable bonds is 6. The van der Waals surface area contributed by atoms with Gasteiger partial charge < -0.3 is 20.3 Å². The van der Waals surface area contributed by atoms with Gasteiger partial charge in [-0.2, -0.15) is 5.10 Å². The van der Waals surface area contributed by atoms with Crippen LogP contribution in [0, 0.1) is 0 Å². The summed E-state index contributed by atoms with van der Waals surface area (Å²) in [6, 6.07) is 14.6. The van der Waals surface area contributed by atoms with Crippen molar-refractivity contribution in [2.75, 3.05) is 25.1 Å². The van der Waals surface area contributed by atoms with Crippen LogP contribution in [0.1, 0.15) is 30.3 Å². The summed E-state index contributed by atoms with van der Waals surface area (Å²) in [5, 5.41) is 13.5. The highest BCUT2D eigenvalue weighted by Gasteiger charge is 2.26. The lowest BCUT2D eigenvalue weighted by molar-refractivity contribution is -0.123. The van der Waals surface area contributed by atoms with Crippen LogP contribution in [0.2, 0.25) is 0 Å². The number of carbonyl (C=O) groups is 2. The van der Waals surface area contributed by atoms with Crippen LogP contribution in [0.3, 0.4) is 0 Å². The number of carbonyl (C=O) groups excluding carboxylic acids is 2. The van der Waals surface area contributed by atoms with Crippen molar-refractivity contribution >= 4 is 28.4 Å². The van der Waals surface area contributed by atoms with E-state index in [2.05, 4.69) is 25.7 Å². The quantitative estimate of drug-likeness (QED) is 0.568. The zero-order valence-electron chi connectivity index (χ0n) is 17.7. The molecule has 1 saturated heterocycles. The fourth-order valence-corrected chi connectivity index (χ4v) is 4.00. The molecule has 2 unspecified atom stereocenters.